The van der Waals surface area contributed by atoms with Gasteiger partial charge in [0.25, 0.3) is 0 Å². The molecule has 2 nitrogen and oxygen atoms in total. The number of fused-ring (bicyclic) bond motifs is 2. The third-order valence-corrected chi connectivity index (χ3v) is 4.06. The Morgan fingerprint density at radius 1 is 1.29 bits per heavy atom. The van der Waals surface area contributed by atoms with Crippen LogP contribution in [0.2, 0.25) is 0 Å². The van der Waals surface area contributed by atoms with E-state index in [1.54, 1.807) is 6.92 Å². The van der Waals surface area contributed by atoms with Gasteiger partial charge < -0.3 is 5.32 Å². The Balaban J connectivity index is 1.95. The highest BCUT2D eigenvalue weighted by Crippen LogP contribution is 2.45. The van der Waals surface area contributed by atoms with Crippen molar-refractivity contribution in [3.05, 3.63) is 0 Å². The van der Waals surface area contributed by atoms with Gasteiger partial charge in [-0.2, -0.15) is 0 Å². The third kappa shape index (κ3) is 1.94. The standard InChI is InChI=1S/C12H21NO/c1-3-9-4-10-6-11(5-9)12(7-10)13-8(2)14/h9-12H,3-7H2,1-2H3,(H,13,14). The van der Waals surface area contributed by atoms with Crippen LogP contribution in [0.4, 0.5) is 0 Å². The minimum absolute atomic E-state index is 0.149. The van der Waals surface area contributed by atoms with Crippen LogP contribution in [0.25, 0.3) is 0 Å². The fourth-order valence-corrected chi connectivity index (χ4v) is 3.46. The highest BCUT2D eigenvalue weighted by atomic mass is 16.1. The zero-order valence-corrected chi connectivity index (χ0v) is 9.25. The van der Waals surface area contributed by atoms with Crippen molar-refractivity contribution in [3.63, 3.8) is 0 Å². The molecule has 14 heavy (non-hydrogen) atoms. The van der Waals surface area contributed by atoms with Crippen LogP contribution in [0.15, 0.2) is 0 Å². The molecule has 0 aromatic rings. The summed E-state index contributed by atoms with van der Waals surface area (Å²) in [5.74, 6) is 2.76. The molecule has 2 aliphatic rings. The van der Waals surface area contributed by atoms with Crippen molar-refractivity contribution >= 4 is 5.91 Å². The molecule has 2 saturated carbocycles. The quantitative estimate of drug-likeness (QED) is 0.720. The normalized spacial score (nSPS) is 41.0. The minimum atomic E-state index is 0.149. The maximum atomic E-state index is 11.0. The Labute approximate surface area is 86.5 Å². The molecule has 1 amide bonds. The molecular weight excluding hydrogens is 174 g/mol. The topological polar surface area (TPSA) is 29.1 Å². The summed E-state index contributed by atoms with van der Waals surface area (Å²) in [5, 5.41) is 3.12. The summed E-state index contributed by atoms with van der Waals surface area (Å²) < 4.78 is 0. The molecular formula is C12H21NO. The zero-order valence-electron chi connectivity index (χ0n) is 9.25. The fourth-order valence-electron chi connectivity index (χ4n) is 3.46. The minimum Gasteiger partial charge on any atom is -0.353 e. The largest absolute Gasteiger partial charge is 0.353 e. The van der Waals surface area contributed by atoms with Crippen LogP contribution in [-0.2, 0) is 4.79 Å². The van der Waals surface area contributed by atoms with E-state index in [2.05, 4.69) is 12.2 Å². The van der Waals surface area contributed by atoms with Crippen LogP contribution in [0.1, 0.15) is 46.0 Å². The Kier molecular flexibility index (Phi) is 2.80. The van der Waals surface area contributed by atoms with Crippen molar-refractivity contribution < 1.29 is 4.79 Å². The van der Waals surface area contributed by atoms with Crippen molar-refractivity contribution in [2.75, 3.05) is 0 Å². The van der Waals surface area contributed by atoms with E-state index < -0.39 is 0 Å². The number of amides is 1. The Morgan fingerprint density at radius 2 is 2.07 bits per heavy atom. The zero-order chi connectivity index (χ0) is 10.1. The number of carbonyl (C=O) groups excluding carboxylic acids is 1. The maximum absolute atomic E-state index is 11.0. The lowest BCUT2D eigenvalue weighted by atomic mass is 9.79. The van der Waals surface area contributed by atoms with E-state index in [0.717, 1.165) is 17.8 Å². The first-order chi connectivity index (χ1) is 6.69. The van der Waals surface area contributed by atoms with Gasteiger partial charge >= 0.3 is 0 Å². The van der Waals surface area contributed by atoms with Gasteiger partial charge in [0.15, 0.2) is 0 Å². The first kappa shape index (κ1) is 10.0. The molecule has 0 aromatic heterocycles. The van der Waals surface area contributed by atoms with Crippen molar-refractivity contribution in [1.29, 1.82) is 0 Å². The van der Waals surface area contributed by atoms with Crippen LogP contribution in [0.3, 0.4) is 0 Å². The van der Waals surface area contributed by atoms with Crippen LogP contribution in [0, 0.1) is 17.8 Å². The highest BCUT2D eigenvalue weighted by molar-refractivity contribution is 5.73. The van der Waals surface area contributed by atoms with Gasteiger partial charge in [-0.25, -0.2) is 0 Å². The monoisotopic (exact) mass is 195 g/mol. The van der Waals surface area contributed by atoms with Crippen molar-refractivity contribution in [1.82, 2.24) is 5.32 Å². The van der Waals surface area contributed by atoms with E-state index in [1.807, 2.05) is 0 Å². The Morgan fingerprint density at radius 3 is 2.71 bits per heavy atom. The van der Waals surface area contributed by atoms with Gasteiger partial charge in [-0.1, -0.05) is 13.3 Å². The van der Waals surface area contributed by atoms with E-state index in [0.29, 0.717) is 6.04 Å². The smallest absolute Gasteiger partial charge is 0.217 e. The highest BCUT2D eigenvalue weighted by Gasteiger charge is 2.40. The molecule has 0 spiro atoms. The lowest BCUT2D eigenvalue weighted by Crippen LogP contribution is -2.36. The van der Waals surface area contributed by atoms with Crippen LogP contribution in [-0.4, -0.2) is 11.9 Å². The van der Waals surface area contributed by atoms with Crippen LogP contribution in [0.5, 0.6) is 0 Å². The van der Waals surface area contributed by atoms with Gasteiger partial charge in [0.1, 0.15) is 0 Å². The van der Waals surface area contributed by atoms with Gasteiger partial charge in [0, 0.05) is 13.0 Å². The predicted octanol–water partition coefficient (Wildman–Crippen LogP) is 2.34. The second-order valence-corrected chi connectivity index (χ2v) is 5.15. The number of nitrogens with one attached hydrogen (secondary N) is 1. The molecule has 0 aromatic carbocycles. The number of carbonyl (C=O) groups is 1. The van der Waals surface area contributed by atoms with E-state index in [4.69, 9.17) is 0 Å². The number of rotatable bonds is 2. The van der Waals surface area contributed by atoms with E-state index in [1.165, 1.54) is 32.1 Å². The molecule has 0 radical (unpaired) electrons. The average Bonchev–Trinajstić information content (AvgIpc) is 2.40. The van der Waals surface area contributed by atoms with Gasteiger partial charge in [0.05, 0.1) is 0 Å². The lowest BCUT2D eigenvalue weighted by molar-refractivity contribution is -0.119. The van der Waals surface area contributed by atoms with E-state index >= 15 is 0 Å². The maximum Gasteiger partial charge on any atom is 0.217 e. The molecule has 2 bridgehead atoms. The second kappa shape index (κ2) is 3.92. The van der Waals surface area contributed by atoms with E-state index in [9.17, 15) is 4.79 Å². The summed E-state index contributed by atoms with van der Waals surface area (Å²) in [6.07, 6.45) is 6.67. The summed E-state index contributed by atoms with van der Waals surface area (Å²) in [6, 6.07) is 0.494. The first-order valence-electron chi connectivity index (χ1n) is 5.96. The summed E-state index contributed by atoms with van der Waals surface area (Å²) in [6.45, 7) is 3.93. The lowest BCUT2D eigenvalue weighted by Gasteiger charge is -2.27. The summed E-state index contributed by atoms with van der Waals surface area (Å²) in [4.78, 5) is 11.0. The Hall–Kier alpha value is -0.530. The second-order valence-electron chi connectivity index (χ2n) is 5.15. The number of hydrogen-bond acceptors (Lipinski definition) is 1. The average molecular weight is 195 g/mol. The van der Waals surface area contributed by atoms with Gasteiger partial charge in [-0.05, 0) is 43.4 Å². The van der Waals surface area contributed by atoms with E-state index in [-0.39, 0.29) is 5.91 Å². The van der Waals surface area contributed by atoms with Gasteiger partial charge in [-0.15, -0.1) is 0 Å². The molecule has 2 rings (SSSR count). The molecule has 2 heteroatoms. The molecule has 0 saturated heterocycles. The third-order valence-electron chi connectivity index (χ3n) is 4.06. The van der Waals surface area contributed by atoms with Crippen molar-refractivity contribution in [2.45, 2.75) is 52.0 Å². The van der Waals surface area contributed by atoms with Crippen LogP contribution >= 0.6 is 0 Å². The van der Waals surface area contributed by atoms with Gasteiger partial charge in [0.2, 0.25) is 5.91 Å². The summed E-state index contributed by atoms with van der Waals surface area (Å²) in [5.41, 5.74) is 0. The molecule has 4 atom stereocenters. The molecule has 4 unspecified atom stereocenters. The predicted molar refractivity (Wildman–Crippen MR) is 56.8 cm³/mol. The summed E-state index contributed by atoms with van der Waals surface area (Å²) in [7, 11) is 0. The number of hydrogen-bond donors (Lipinski definition) is 1. The van der Waals surface area contributed by atoms with Gasteiger partial charge in [-0.3, -0.25) is 4.79 Å². The van der Waals surface area contributed by atoms with Crippen molar-refractivity contribution in [2.24, 2.45) is 17.8 Å². The molecule has 2 aliphatic carbocycles. The van der Waals surface area contributed by atoms with Crippen molar-refractivity contribution in [3.8, 4) is 0 Å². The molecule has 80 valence electrons. The first-order valence-corrected chi connectivity index (χ1v) is 5.96. The molecule has 0 heterocycles. The molecule has 0 aliphatic heterocycles. The Bertz CT molecular complexity index is 226. The molecule has 1 N–H and O–H groups in total. The summed E-state index contributed by atoms with van der Waals surface area (Å²) >= 11 is 0. The molecule has 2 fully saturated rings. The fraction of sp³-hybridized carbons (Fsp3) is 0.917. The van der Waals surface area contributed by atoms with Crippen LogP contribution < -0.4 is 5.32 Å². The SMILES string of the molecule is CCC1CC2CC(C1)C(NC(C)=O)C2.